The molecule has 0 radical (unpaired) electrons. The highest BCUT2D eigenvalue weighted by molar-refractivity contribution is 6.04. The molecule has 0 bridgehead atoms. The average molecular weight is 338 g/mol. The van der Waals surface area contributed by atoms with Crippen molar-refractivity contribution in [1.82, 2.24) is 14.8 Å². The van der Waals surface area contributed by atoms with Gasteiger partial charge in [0, 0.05) is 25.5 Å². The summed E-state index contributed by atoms with van der Waals surface area (Å²) < 4.78 is 6.97. The van der Waals surface area contributed by atoms with Crippen molar-refractivity contribution in [2.24, 2.45) is 0 Å². The Balaban J connectivity index is 2.19. The second-order valence-corrected chi connectivity index (χ2v) is 6.14. The summed E-state index contributed by atoms with van der Waals surface area (Å²) in [5.41, 5.74) is 4.69. The van der Waals surface area contributed by atoms with Crippen LogP contribution >= 0.6 is 0 Å². The molecule has 3 rings (SSSR count). The Bertz CT molecular complexity index is 927. The van der Waals surface area contributed by atoms with E-state index in [1.807, 2.05) is 57.1 Å². The van der Waals surface area contributed by atoms with E-state index < -0.39 is 0 Å². The predicted molar refractivity (Wildman–Crippen MR) is 98.6 cm³/mol. The number of hydrogen-bond acceptors (Lipinski definition) is 5. The van der Waals surface area contributed by atoms with Crippen molar-refractivity contribution in [3.05, 3.63) is 47.3 Å². The summed E-state index contributed by atoms with van der Waals surface area (Å²) in [6.07, 6.45) is 0. The number of benzene rings is 1. The van der Waals surface area contributed by atoms with Gasteiger partial charge in [-0.05, 0) is 51.1 Å². The zero-order valence-corrected chi connectivity index (χ0v) is 15.2. The van der Waals surface area contributed by atoms with Crippen LogP contribution in [0.15, 0.2) is 30.3 Å². The highest BCUT2D eigenvalue weighted by atomic mass is 16.5. The predicted octanol–water partition coefficient (Wildman–Crippen LogP) is 3.28. The fourth-order valence-corrected chi connectivity index (χ4v) is 2.86. The largest absolute Gasteiger partial charge is 0.462 e. The quantitative estimate of drug-likeness (QED) is 0.683. The molecule has 0 saturated carbocycles. The summed E-state index contributed by atoms with van der Waals surface area (Å²) >= 11 is 0. The third kappa shape index (κ3) is 3.07. The van der Waals surface area contributed by atoms with Crippen LogP contribution in [-0.2, 0) is 4.74 Å². The number of fused-ring (bicyclic) bond motifs is 1. The van der Waals surface area contributed by atoms with Gasteiger partial charge in [0.15, 0.2) is 5.65 Å². The monoisotopic (exact) mass is 338 g/mol. The smallest absolute Gasteiger partial charge is 0.339 e. The number of rotatable bonds is 4. The van der Waals surface area contributed by atoms with Crippen LogP contribution in [-0.4, -0.2) is 41.4 Å². The van der Waals surface area contributed by atoms with Gasteiger partial charge in [0.05, 0.1) is 28.9 Å². The van der Waals surface area contributed by atoms with Crippen LogP contribution in [0.4, 0.5) is 5.69 Å². The summed E-state index contributed by atoms with van der Waals surface area (Å²) in [5.74, 6) is -0.344. The third-order valence-electron chi connectivity index (χ3n) is 4.05. The van der Waals surface area contributed by atoms with Gasteiger partial charge in [-0.3, -0.25) is 0 Å². The molecule has 130 valence electrons. The van der Waals surface area contributed by atoms with Crippen molar-refractivity contribution in [2.75, 3.05) is 25.6 Å². The van der Waals surface area contributed by atoms with E-state index in [1.165, 1.54) is 0 Å². The molecule has 2 heterocycles. The zero-order chi connectivity index (χ0) is 18.1. The van der Waals surface area contributed by atoms with Crippen LogP contribution in [0.1, 0.15) is 28.7 Å². The van der Waals surface area contributed by atoms with Crippen molar-refractivity contribution in [1.29, 1.82) is 0 Å². The highest BCUT2D eigenvalue weighted by Gasteiger charge is 2.20. The molecule has 0 saturated heterocycles. The van der Waals surface area contributed by atoms with E-state index in [-0.39, 0.29) is 5.97 Å². The number of carbonyl (C=O) groups is 1. The molecular weight excluding hydrogens is 316 g/mol. The molecular formula is C19H22N4O2. The van der Waals surface area contributed by atoms with Crippen LogP contribution in [0.25, 0.3) is 16.7 Å². The van der Waals surface area contributed by atoms with Crippen LogP contribution in [0.5, 0.6) is 0 Å². The molecule has 0 N–H and O–H groups in total. The molecule has 6 heteroatoms. The van der Waals surface area contributed by atoms with Crippen molar-refractivity contribution >= 4 is 22.7 Å². The van der Waals surface area contributed by atoms with E-state index in [4.69, 9.17) is 4.74 Å². The second kappa shape index (κ2) is 6.55. The maximum Gasteiger partial charge on any atom is 0.339 e. The molecule has 0 fully saturated rings. The Labute approximate surface area is 147 Å². The molecule has 6 nitrogen and oxygen atoms in total. The molecule has 0 aliphatic rings. The molecule has 0 aliphatic carbocycles. The van der Waals surface area contributed by atoms with Crippen molar-refractivity contribution in [2.45, 2.75) is 20.8 Å². The lowest BCUT2D eigenvalue weighted by Crippen LogP contribution is -2.09. The highest BCUT2D eigenvalue weighted by Crippen LogP contribution is 2.26. The molecule has 0 amide bonds. The van der Waals surface area contributed by atoms with E-state index in [9.17, 15) is 4.79 Å². The maximum atomic E-state index is 12.3. The molecule has 1 aromatic carbocycles. The first kappa shape index (κ1) is 17.0. The first-order valence-electron chi connectivity index (χ1n) is 8.24. The lowest BCUT2D eigenvalue weighted by Gasteiger charge is -2.13. The van der Waals surface area contributed by atoms with Gasteiger partial charge in [-0.1, -0.05) is 0 Å². The van der Waals surface area contributed by atoms with Gasteiger partial charge in [-0.2, -0.15) is 5.10 Å². The summed E-state index contributed by atoms with van der Waals surface area (Å²) in [7, 11) is 4.00. The minimum absolute atomic E-state index is 0.334. The minimum atomic E-state index is -0.344. The van der Waals surface area contributed by atoms with Crippen LogP contribution in [0, 0.1) is 13.8 Å². The fourth-order valence-electron chi connectivity index (χ4n) is 2.86. The summed E-state index contributed by atoms with van der Waals surface area (Å²) in [4.78, 5) is 19.0. The number of carbonyl (C=O) groups excluding carboxylic acids is 1. The lowest BCUT2D eigenvalue weighted by molar-refractivity contribution is 0.0528. The van der Waals surface area contributed by atoms with Crippen molar-refractivity contribution < 1.29 is 9.53 Å². The van der Waals surface area contributed by atoms with E-state index >= 15 is 0 Å². The first-order valence-corrected chi connectivity index (χ1v) is 8.24. The fraction of sp³-hybridized carbons (Fsp3) is 0.316. The lowest BCUT2D eigenvalue weighted by atomic mass is 10.1. The number of pyridine rings is 1. The molecule has 3 aromatic rings. The van der Waals surface area contributed by atoms with Gasteiger partial charge < -0.3 is 9.64 Å². The maximum absolute atomic E-state index is 12.3. The van der Waals surface area contributed by atoms with Gasteiger partial charge in [0.2, 0.25) is 0 Å². The number of nitrogens with zero attached hydrogens (tertiary/aromatic N) is 4. The number of ether oxygens (including phenoxy) is 1. The molecule has 0 aliphatic heterocycles. The van der Waals surface area contributed by atoms with E-state index in [0.717, 1.165) is 28.1 Å². The summed E-state index contributed by atoms with van der Waals surface area (Å²) in [5, 5.41) is 5.35. The minimum Gasteiger partial charge on any atom is -0.462 e. The van der Waals surface area contributed by atoms with Gasteiger partial charge in [-0.15, -0.1) is 0 Å². The standard InChI is InChI=1S/C19H22N4O2/c1-6-25-19(24)16-11-12(2)20-18-17(16)13(3)21-23(18)15-9-7-14(8-10-15)22(4)5/h7-11H,6H2,1-5H3. The molecule has 0 spiro atoms. The van der Waals surface area contributed by atoms with Gasteiger partial charge >= 0.3 is 5.97 Å². The number of aryl methyl sites for hydroxylation is 2. The van der Waals surface area contributed by atoms with E-state index in [2.05, 4.69) is 10.1 Å². The summed E-state index contributed by atoms with van der Waals surface area (Å²) in [6.45, 7) is 5.88. The molecule has 25 heavy (non-hydrogen) atoms. The van der Waals surface area contributed by atoms with Crippen LogP contribution in [0.2, 0.25) is 0 Å². The van der Waals surface area contributed by atoms with Crippen molar-refractivity contribution in [3.8, 4) is 5.69 Å². The molecule has 0 atom stereocenters. The van der Waals surface area contributed by atoms with Crippen LogP contribution < -0.4 is 4.90 Å². The summed E-state index contributed by atoms with van der Waals surface area (Å²) in [6, 6.07) is 9.81. The Morgan fingerprint density at radius 1 is 1.20 bits per heavy atom. The Morgan fingerprint density at radius 2 is 1.88 bits per heavy atom. The van der Waals surface area contributed by atoms with Crippen molar-refractivity contribution in [3.63, 3.8) is 0 Å². The van der Waals surface area contributed by atoms with E-state index in [0.29, 0.717) is 17.8 Å². The van der Waals surface area contributed by atoms with Gasteiger partial charge in [0.25, 0.3) is 0 Å². The molecule has 0 unspecified atom stereocenters. The Morgan fingerprint density at radius 3 is 2.48 bits per heavy atom. The first-order chi connectivity index (χ1) is 11.9. The number of anilines is 1. The Hall–Kier alpha value is -2.89. The number of esters is 1. The zero-order valence-electron chi connectivity index (χ0n) is 15.2. The second-order valence-electron chi connectivity index (χ2n) is 6.14. The number of hydrogen-bond donors (Lipinski definition) is 0. The SMILES string of the molecule is CCOC(=O)c1cc(C)nc2c1c(C)nn2-c1ccc(N(C)C)cc1. The molecule has 2 aromatic heterocycles. The van der Waals surface area contributed by atoms with Gasteiger partial charge in [0.1, 0.15) is 0 Å². The van der Waals surface area contributed by atoms with Gasteiger partial charge in [-0.25, -0.2) is 14.5 Å². The normalized spacial score (nSPS) is 10.9. The average Bonchev–Trinajstić information content (AvgIpc) is 2.91. The third-order valence-corrected chi connectivity index (χ3v) is 4.05. The van der Waals surface area contributed by atoms with Crippen LogP contribution in [0.3, 0.4) is 0 Å². The topological polar surface area (TPSA) is 60.2 Å². The number of aromatic nitrogens is 3. The Kier molecular flexibility index (Phi) is 4.44. The van der Waals surface area contributed by atoms with E-state index in [1.54, 1.807) is 17.7 Å².